The van der Waals surface area contributed by atoms with Crippen LogP contribution in [-0.4, -0.2) is 6.54 Å². The highest BCUT2D eigenvalue weighted by atomic mass is 35.5. The second kappa shape index (κ2) is 6.56. The van der Waals surface area contributed by atoms with Gasteiger partial charge in [0.2, 0.25) is 0 Å². The molecule has 0 saturated heterocycles. The second-order valence-electron chi connectivity index (χ2n) is 5.05. The summed E-state index contributed by atoms with van der Waals surface area (Å²) in [7, 11) is 0. The van der Waals surface area contributed by atoms with Crippen molar-refractivity contribution in [2.45, 2.75) is 33.2 Å². The maximum absolute atomic E-state index is 5.93. The first-order valence-electron chi connectivity index (χ1n) is 6.60. The van der Waals surface area contributed by atoms with Crippen LogP contribution in [0.1, 0.15) is 34.5 Å². The van der Waals surface area contributed by atoms with Crippen molar-refractivity contribution in [2.75, 3.05) is 6.54 Å². The minimum atomic E-state index is 0.383. The summed E-state index contributed by atoms with van der Waals surface area (Å²) < 4.78 is 0.873. The first kappa shape index (κ1) is 14.6. The normalized spacial score (nSPS) is 12.6. The smallest absolute Gasteiger partial charge is 0.0931 e. The maximum atomic E-state index is 5.93. The first-order valence-corrected chi connectivity index (χ1v) is 7.80. The lowest BCUT2D eigenvalue weighted by Gasteiger charge is -2.15. The summed E-state index contributed by atoms with van der Waals surface area (Å²) in [6, 6.07) is 11.2. The van der Waals surface area contributed by atoms with Crippen molar-refractivity contribution in [3.05, 3.63) is 56.2 Å². The van der Waals surface area contributed by atoms with E-state index in [-0.39, 0.29) is 0 Å². The van der Waals surface area contributed by atoms with Crippen LogP contribution in [-0.2, 0) is 6.42 Å². The Kier molecular flexibility index (Phi) is 5.03. The van der Waals surface area contributed by atoms with Crippen LogP contribution in [0.25, 0.3) is 0 Å². The minimum absolute atomic E-state index is 0.383. The van der Waals surface area contributed by atoms with Crippen molar-refractivity contribution < 1.29 is 0 Å². The lowest BCUT2D eigenvalue weighted by molar-refractivity contribution is 0.578. The van der Waals surface area contributed by atoms with Gasteiger partial charge in [-0.1, -0.05) is 40.9 Å². The number of rotatable bonds is 5. The van der Waals surface area contributed by atoms with Crippen LogP contribution in [0, 0.1) is 13.8 Å². The molecule has 1 atom stereocenters. The van der Waals surface area contributed by atoms with Crippen LogP contribution in [0.3, 0.4) is 0 Å². The number of nitrogens with one attached hydrogen (secondary N) is 1. The van der Waals surface area contributed by atoms with Crippen LogP contribution in [0.5, 0.6) is 0 Å². The average Bonchev–Trinajstić information content (AvgIpc) is 2.73. The third kappa shape index (κ3) is 4.34. The molecule has 0 aliphatic carbocycles. The van der Waals surface area contributed by atoms with Gasteiger partial charge in [0, 0.05) is 17.5 Å². The summed E-state index contributed by atoms with van der Waals surface area (Å²) >= 11 is 7.60. The largest absolute Gasteiger partial charge is 0.310 e. The summed E-state index contributed by atoms with van der Waals surface area (Å²) in [4.78, 5) is 1.34. The highest BCUT2D eigenvalue weighted by Crippen LogP contribution is 2.22. The molecule has 0 aliphatic heterocycles. The van der Waals surface area contributed by atoms with Crippen molar-refractivity contribution in [1.29, 1.82) is 0 Å². The number of benzene rings is 1. The third-order valence-corrected chi connectivity index (χ3v) is 4.49. The van der Waals surface area contributed by atoms with Gasteiger partial charge in [-0.15, -0.1) is 11.3 Å². The van der Waals surface area contributed by atoms with Crippen molar-refractivity contribution in [1.82, 2.24) is 5.32 Å². The van der Waals surface area contributed by atoms with Gasteiger partial charge in [-0.2, -0.15) is 0 Å². The van der Waals surface area contributed by atoms with Gasteiger partial charge in [-0.3, -0.25) is 0 Å². The molecule has 0 fully saturated rings. The Morgan fingerprint density at radius 3 is 2.42 bits per heavy atom. The van der Waals surface area contributed by atoms with Crippen LogP contribution in [0.2, 0.25) is 4.34 Å². The van der Waals surface area contributed by atoms with Crippen molar-refractivity contribution in [3.8, 4) is 0 Å². The van der Waals surface area contributed by atoms with Gasteiger partial charge in [0.05, 0.1) is 4.34 Å². The van der Waals surface area contributed by atoms with Gasteiger partial charge in [0.25, 0.3) is 0 Å². The minimum Gasteiger partial charge on any atom is -0.310 e. The lowest BCUT2D eigenvalue weighted by atomic mass is 10.0. The predicted molar refractivity (Wildman–Crippen MR) is 85.4 cm³/mol. The Morgan fingerprint density at radius 2 is 1.84 bits per heavy atom. The molecule has 2 aromatic rings. The Bertz CT molecular complexity index is 527. The van der Waals surface area contributed by atoms with E-state index in [2.05, 4.69) is 50.4 Å². The van der Waals surface area contributed by atoms with Gasteiger partial charge in [-0.25, -0.2) is 0 Å². The van der Waals surface area contributed by atoms with Gasteiger partial charge < -0.3 is 5.32 Å². The molecule has 2 rings (SSSR count). The molecule has 1 unspecified atom stereocenters. The van der Waals surface area contributed by atoms with Crippen LogP contribution < -0.4 is 5.32 Å². The Hall–Kier alpha value is -0.830. The standard InChI is InChI=1S/C16H20ClNS/c1-11-8-12(2)10-14(9-11)13(3)18-7-6-15-4-5-16(17)19-15/h4-5,8-10,13,18H,6-7H2,1-3H3. The molecule has 0 amide bonds. The van der Waals surface area contributed by atoms with E-state index in [4.69, 9.17) is 11.6 Å². The number of halogens is 1. The van der Waals surface area contributed by atoms with Crippen molar-refractivity contribution in [3.63, 3.8) is 0 Å². The zero-order valence-corrected chi connectivity index (χ0v) is 13.2. The fourth-order valence-electron chi connectivity index (χ4n) is 2.28. The molecule has 19 heavy (non-hydrogen) atoms. The monoisotopic (exact) mass is 293 g/mol. The zero-order chi connectivity index (χ0) is 13.8. The second-order valence-corrected chi connectivity index (χ2v) is 6.85. The van der Waals surface area contributed by atoms with Crippen LogP contribution in [0.4, 0.5) is 0 Å². The maximum Gasteiger partial charge on any atom is 0.0931 e. The fourth-order valence-corrected chi connectivity index (χ4v) is 3.36. The van der Waals surface area contributed by atoms with Crippen molar-refractivity contribution in [2.24, 2.45) is 0 Å². The van der Waals surface area contributed by atoms with E-state index in [1.165, 1.54) is 21.6 Å². The summed E-state index contributed by atoms with van der Waals surface area (Å²) in [6.07, 6.45) is 1.03. The molecule has 1 aromatic carbocycles. The lowest BCUT2D eigenvalue weighted by Crippen LogP contribution is -2.21. The molecule has 1 aromatic heterocycles. The molecular formula is C16H20ClNS. The topological polar surface area (TPSA) is 12.0 Å². The summed E-state index contributed by atoms with van der Waals surface area (Å²) in [5.41, 5.74) is 4.02. The fraction of sp³-hybridized carbons (Fsp3) is 0.375. The van der Waals surface area contributed by atoms with Gasteiger partial charge in [0.1, 0.15) is 0 Å². The molecule has 1 heterocycles. The van der Waals surface area contributed by atoms with E-state index in [0.717, 1.165) is 17.3 Å². The molecule has 0 aliphatic rings. The van der Waals surface area contributed by atoms with Gasteiger partial charge >= 0.3 is 0 Å². The molecular weight excluding hydrogens is 274 g/mol. The summed E-state index contributed by atoms with van der Waals surface area (Å²) in [5.74, 6) is 0. The third-order valence-electron chi connectivity index (χ3n) is 3.19. The quantitative estimate of drug-likeness (QED) is 0.826. The summed E-state index contributed by atoms with van der Waals surface area (Å²) in [6.45, 7) is 7.49. The van der Waals surface area contributed by atoms with Crippen molar-refractivity contribution >= 4 is 22.9 Å². The predicted octanol–water partition coefficient (Wildman–Crippen LogP) is 4.91. The Balaban J connectivity index is 1.88. The van der Waals surface area contributed by atoms with E-state index in [9.17, 15) is 0 Å². The summed E-state index contributed by atoms with van der Waals surface area (Å²) in [5, 5.41) is 3.57. The first-order chi connectivity index (χ1) is 9.04. The van der Waals surface area contributed by atoms with E-state index in [1.54, 1.807) is 11.3 Å². The molecule has 0 radical (unpaired) electrons. The molecule has 0 spiro atoms. The van der Waals surface area contributed by atoms with Gasteiger partial charge in [0.15, 0.2) is 0 Å². The Morgan fingerprint density at radius 1 is 1.16 bits per heavy atom. The molecule has 3 heteroatoms. The van der Waals surface area contributed by atoms with Crippen LogP contribution >= 0.6 is 22.9 Å². The molecule has 102 valence electrons. The molecule has 0 saturated carbocycles. The van der Waals surface area contributed by atoms with Gasteiger partial charge in [-0.05, 0) is 44.9 Å². The highest BCUT2D eigenvalue weighted by molar-refractivity contribution is 7.16. The number of aryl methyl sites for hydroxylation is 2. The number of hydrogen-bond donors (Lipinski definition) is 1. The molecule has 1 N–H and O–H groups in total. The van der Waals surface area contributed by atoms with E-state index in [0.29, 0.717) is 6.04 Å². The number of hydrogen-bond acceptors (Lipinski definition) is 2. The Labute approximate surface area is 124 Å². The van der Waals surface area contributed by atoms with E-state index >= 15 is 0 Å². The van der Waals surface area contributed by atoms with E-state index in [1.807, 2.05) is 6.07 Å². The zero-order valence-electron chi connectivity index (χ0n) is 11.7. The molecule has 1 nitrogen and oxygen atoms in total. The highest BCUT2D eigenvalue weighted by Gasteiger charge is 2.06. The van der Waals surface area contributed by atoms with E-state index < -0.39 is 0 Å². The number of thiophene rings is 1. The van der Waals surface area contributed by atoms with Crippen LogP contribution in [0.15, 0.2) is 30.3 Å². The average molecular weight is 294 g/mol. The molecule has 0 bridgehead atoms. The SMILES string of the molecule is Cc1cc(C)cc(C(C)NCCc2ccc(Cl)s2)c1.